The lowest BCUT2D eigenvalue weighted by atomic mass is 9.88. The predicted octanol–water partition coefficient (Wildman–Crippen LogP) is 3.52. The number of hydrogen-bond acceptors (Lipinski definition) is 4. The van der Waals surface area contributed by atoms with E-state index in [2.05, 4.69) is 40.4 Å². The van der Waals surface area contributed by atoms with Crippen LogP contribution in [0.5, 0.6) is 0 Å². The van der Waals surface area contributed by atoms with Gasteiger partial charge in [-0.25, -0.2) is 4.98 Å². The Morgan fingerprint density at radius 3 is 2.76 bits per heavy atom. The number of rotatable bonds is 6. The average molecular weight is 283 g/mol. The Morgan fingerprint density at radius 2 is 2.10 bits per heavy atom. The number of nitriles is 1. The highest BCUT2D eigenvalue weighted by Crippen LogP contribution is 2.28. The van der Waals surface area contributed by atoms with E-state index in [0.29, 0.717) is 12.2 Å². The molecule has 5 heteroatoms. The number of anilines is 1. The second kappa shape index (κ2) is 6.40. The van der Waals surface area contributed by atoms with E-state index in [9.17, 15) is 0 Å². The fourth-order valence-corrected chi connectivity index (χ4v) is 2.11. The largest absolute Gasteiger partial charge is 0.384 e. The molecule has 2 rings (SSSR count). The van der Waals surface area contributed by atoms with Crippen LogP contribution >= 0.6 is 0 Å². The molecule has 0 saturated heterocycles. The Morgan fingerprint density at radius 1 is 1.33 bits per heavy atom. The van der Waals surface area contributed by atoms with E-state index in [-0.39, 0.29) is 5.41 Å². The molecule has 0 bridgehead atoms. The van der Waals surface area contributed by atoms with Crippen LogP contribution in [-0.2, 0) is 0 Å². The molecule has 1 heterocycles. The van der Waals surface area contributed by atoms with E-state index in [1.807, 2.05) is 31.2 Å². The minimum absolute atomic E-state index is 0.0672. The molecule has 0 radical (unpaired) electrons. The van der Waals surface area contributed by atoms with Crippen LogP contribution in [0.25, 0.3) is 11.4 Å². The molecule has 0 amide bonds. The van der Waals surface area contributed by atoms with Gasteiger partial charge in [0.05, 0.1) is 6.07 Å². The first-order valence-corrected chi connectivity index (χ1v) is 7.11. The summed E-state index contributed by atoms with van der Waals surface area (Å²) in [4.78, 5) is 4.39. The van der Waals surface area contributed by atoms with Gasteiger partial charge < -0.3 is 5.32 Å². The molecule has 1 aromatic carbocycles. The highest BCUT2D eigenvalue weighted by Gasteiger charge is 2.18. The van der Waals surface area contributed by atoms with Gasteiger partial charge in [0.25, 0.3) is 0 Å². The van der Waals surface area contributed by atoms with Crippen molar-refractivity contribution in [3.63, 3.8) is 0 Å². The molecule has 0 atom stereocenters. The highest BCUT2D eigenvalue weighted by molar-refractivity contribution is 5.73. The van der Waals surface area contributed by atoms with Crippen LogP contribution in [-0.4, -0.2) is 21.7 Å². The number of hydrogen-bond donors (Lipinski definition) is 2. The lowest BCUT2D eigenvalue weighted by Gasteiger charge is -2.25. The number of aromatic nitrogens is 3. The molecule has 0 unspecified atom stereocenters. The van der Waals surface area contributed by atoms with Crippen LogP contribution in [0.15, 0.2) is 24.3 Å². The van der Waals surface area contributed by atoms with Crippen molar-refractivity contribution < 1.29 is 0 Å². The van der Waals surface area contributed by atoms with Gasteiger partial charge in [0.2, 0.25) is 0 Å². The Labute approximate surface area is 125 Å². The second-order valence-electron chi connectivity index (χ2n) is 5.97. The number of para-hydroxylation sites is 1. The maximum atomic E-state index is 8.72. The molecule has 1 aromatic heterocycles. The summed E-state index contributed by atoms with van der Waals surface area (Å²) in [7, 11) is 0. The predicted molar refractivity (Wildman–Crippen MR) is 83.7 cm³/mol. The van der Waals surface area contributed by atoms with Crippen molar-refractivity contribution in [2.24, 2.45) is 5.41 Å². The maximum Gasteiger partial charge on any atom is 0.183 e. The van der Waals surface area contributed by atoms with E-state index in [1.54, 1.807) is 0 Å². The number of aromatic amines is 1. The number of nitrogens with zero attached hydrogens (tertiary/aromatic N) is 3. The summed E-state index contributed by atoms with van der Waals surface area (Å²) in [5.41, 5.74) is 2.07. The third-order valence-corrected chi connectivity index (χ3v) is 3.44. The Hall–Kier alpha value is -2.35. The van der Waals surface area contributed by atoms with E-state index in [1.165, 1.54) is 0 Å². The van der Waals surface area contributed by atoms with Crippen molar-refractivity contribution in [3.05, 3.63) is 30.1 Å². The van der Waals surface area contributed by atoms with Gasteiger partial charge in [-0.3, -0.25) is 5.10 Å². The van der Waals surface area contributed by atoms with Crippen LogP contribution < -0.4 is 5.32 Å². The van der Waals surface area contributed by atoms with Crippen LogP contribution in [0.1, 0.15) is 32.5 Å². The van der Waals surface area contributed by atoms with Crippen molar-refractivity contribution >= 4 is 5.69 Å². The van der Waals surface area contributed by atoms with Gasteiger partial charge in [0.1, 0.15) is 5.82 Å². The number of benzene rings is 1. The minimum atomic E-state index is 0.0672. The van der Waals surface area contributed by atoms with Gasteiger partial charge in [0.15, 0.2) is 5.82 Å². The number of aryl methyl sites for hydroxylation is 1. The first-order valence-electron chi connectivity index (χ1n) is 7.11. The Balaban J connectivity index is 2.13. The molecule has 0 aliphatic rings. The first-order chi connectivity index (χ1) is 10.0. The fourth-order valence-electron chi connectivity index (χ4n) is 2.11. The maximum absolute atomic E-state index is 8.72. The van der Waals surface area contributed by atoms with E-state index >= 15 is 0 Å². The molecule has 5 nitrogen and oxygen atoms in total. The molecule has 2 N–H and O–H groups in total. The third kappa shape index (κ3) is 4.06. The molecule has 0 aliphatic carbocycles. The van der Waals surface area contributed by atoms with Crippen LogP contribution in [0.2, 0.25) is 0 Å². The fraction of sp³-hybridized carbons (Fsp3) is 0.438. The van der Waals surface area contributed by atoms with Crippen LogP contribution in [0, 0.1) is 23.7 Å². The first kappa shape index (κ1) is 15.0. The van der Waals surface area contributed by atoms with Crippen molar-refractivity contribution in [2.45, 2.75) is 33.6 Å². The molecule has 21 heavy (non-hydrogen) atoms. The van der Waals surface area contributed by atoms with Gasteiger partial charge in [-0.2, -0.15) is 10.4 Å². The molecule has 0 saturated carbocycles. The highest BCUT2D eigenvalue weighted by atomic mass is 15.2. The molecule has 110 valence electrons. The zero-order chi connectivity index (χ0) is 15.3. The summed E-state index contributed by atoms with van der Waals surface area (Å²) in [6, 6.07) is 10.2. The molecule has 0 spiro atoms. The van der Waals surface area contributed by atoms with Gasteiger partial charge in [-0.05, 0) is 30.9 Å². The zero-order valence-corrected chi connectivity index (χ0v) is 12.8. The SMILES string of the molecule is Cc1nc(-c2ccccc2NCC(C)(C)CCC#N)n[nH]1. The third-order valence-electron chi connectivity index (χ3n) is 3.44. The minimum Gasteiger partial charge on any atom is -0.384 e. The van der Waals surface area contributed by atoms with Gasteiger partial charge in [-0.1, -0.05) is 26.0 Å². The number of H-pyrrole nitrogens is 1. The van der Waals surface area contributed by atoms with Crippen molar-refractivity contribution in [1.82, 2.24) is 15.2 Å². The van der Waals surface area contributed by atoms with Gasteiger partial charge in [0, 0.05) is 24.2 Å². The van der Waals surface area contributed by atoms with Crippen LogP contribution in [0.3, 0.4) is 0 Å². The summed E-state index contributed by atoms with van der Waals surface area (Å²) < 4.78 is 0. The molecule has 0 fully saturated rings. The van der Waals surface area contributed by atoms with E-state index in [4.69, 9.17) is 5.26 Å². The topological polar surface area (TPSA) is 77.4 Å². The van der Waals surface area contributed by atoms with Crippen LogP contribution in [0.4, 0.5) is 5.69 Å². The second-order valence-corrected chi connectivity index (χ2v) is 5.97. The van der Waals surface area contributed by atoms with Gasteiger partial charge >= 0.3 is 0 Å². The molecular formula is C16H21N5. The summed E-state index contributed by atoms with van der Waals surface area (Å²) in [6.45, 7) is 7.01. The van der Waals surface area contributed by atoms with E-state index < -0.39 is 0 Å². The van der Waals surface area contributed by atoms with E-state index in [0.717, 1.165) is 30.0 Å². The molecule has 0 aliphatic heterocycles. The van der Waals surface area contributed by atoms with Crippen molar-refractivity contribution in [2.75, 3.05) is 11.9 Å². The standard InChI is InChI=1S/C16H21N5/c1-12-19-15(21-20-12)13-7-4-5-8-14(13)18-11-16(2,3)9-6-10-17/h4-5,7-8,18H,6,9,11H2,1-3H3,(H,19,20,21). The quantitative estimate of drug-likeness (QED) is 0.850. The Bertz CT molecular complexity index is 636. The van der Waals surface area contributed by atoms with Crippen molar-refractivity contribution in [1.29, 1.82) is 5.26 Å². The monoisotopic (exact) mass is 283 g/mol. The smallest absolute Gasteiger partial charge is 0.183 e. The summed E-state index contributed by atoms with van der Waals surface area (Å²) in [5, 5.41) is 19.3. The summed E-state index contributed by atoms with van der Waals surface area (Å²) >= 11 is 0. The zero-order valence-electron chi connectivity index (χ0n) is 12.8. The van der Waals surface area contributed by atoms with Crippen molar-refractivity contribution in [3.8, 4) is 17.5 Å². The average Bonchev–Trinajstić information content (AvgIpc) is 2.90. The lowest BCUT2D eigenvalue weighted by Crippen LogP contribution is -2.23. The number of nitrogens with one attached hydrogen (secondary N) is 2. The molecule has 2 aromatic rings. The van der Waals surface area contributed by atoms with Gasteiger partial charge in [-0.15, -0.1) is 0 Å². The normalized spacial score (nSPS) is 11.1. The summed E-state index contributed by atoms with van der Waals surface area (Å²) in [6.07, 6.45) is 1.45. The molecular weight excluding hydrogens is 262 g/mol. The Kier molecular flexibility index (Phi) is 4.59. The lowest BCUT2D eigenvalue weighted by molar-refractivity contribution is 0.364. The summed E-state index contributed by atoms with van der Waals surface area (Å²) in [5.74, 6) is 1.50.